The normalized spacial score (nSPS) is 10.8. The Morgan fingerprint density at radius 2 is 1.90 bits per heavy atom. The van der Waals surface area contributed by atoms with Gasteiger partial charge in [0.15, 0.2) is 0 Å². The van der Waals surface area contributed by atoms with Gasteiger partial charge in [0.2, 0.25) is 0 Å². The molecule has 0 saturated carbocycles. The molecule has 3 aromatic rings. The molecule has 0 aliphatic rings. The minimum Gasteiger partial charge on any atom is -0.508 e. The number of aliphatic carboxylic acids is 1. The largest absolute Gasteiger partial charge is 0.508 e. The number of aromatic hydroxyl groups is 1. The van der Waals surface area contributed by atoms with Gasteiger partial charge in [0.25, 0.3) is 0 Å². The van der Waals surface area contributed by atoms with Gasteiger partial charge in [-0.05, 0) is 42.0 Å². The number of aromatic nitrogens is 1. The molecule has 0 radical (unpaired) electrons. The summed E-state index contributed by atoms with van der Waals surface area (Å²) >= 11 is 1.51. The summed E-state index contributed by atoms with van der Waals surface area (Å²) < 4.78 is 0.965. The first kappa shape index (κ1) is 12.6. The Hall–Kier alpha value is -2.40. The number of carbonyl (C=O) groups is 1. The third-order valence-electron chi connectivity index (χ3n) is 2.92. The van der Waals surface area contributed by atoms with E-state index in [0.29, 0.717) is 0 Å². The van der Waals surface area contributed by atoms with Gasteiger partial charge in [-0.15, -0.1) is 11.3 Å². The van der Waals surface area contributed by atoms with Crippen LogP contribution in [-0.4, -0.2) is 21.2 Å². The molecule has 0 spiro atoms. The van der Waals surface area contributed by atoms with E-state index < -0.39 is 5.97 Å². The molecule has 0 aliphatic heterocycles. The van der Waals surface area contributed by atoms with Crippen molar-refractivity contribution in [3.05, 3.63) is 48.0 Å². The molecule has 2 N–H and O–H groups in total. The maximum Gasteiger partial charge on any atom is 0.307 e. The molecule has 0 amide bonds. The van der Waals surface area contributed by atoms with E-state index in [0.717, 1.165) is 26.4 Å². The number of thiazole rings is 1. The second-order valence-corrected chi connectivity index (χ2v) is 5.47. The van der Waals surface area contributed by atoms with Crippen molar-refractivity contribution < 1.29 is 15.0 Å². The fourth-order valence-corrected chi connectivity index (χ4v) is 3.02. The van der Waals surface area contributed by atoms with Crippen LogP contribution >= 0.6 is 11.3 Å². The quantitative estimate of drug-likeness (QED) is 0.774. The van der Waals surface area contributed by atoms with Gasteiger partial charge in [-0.25, -0.2) is 4.98 Å². The molecule has 0 fully saturated rings. The molecule has 2 aromatic carbocycles. The third kappa shape index (κ3) is 2.48. The lowest BCUT2D eigenvalue weighted by Crippen LogP contribution is -1.99. The lowest BCUT2D eigenvalue weighted by atomic mass is 10.1. The second kappa shape index (κ2) is 4.94. The maximum absolute atomic E-state index is 10.7. The van der Waals surface area contributed by atoms with Crippen LogP contribution in [0.5, 0.6) is 5.75 Å². The van der Waals surface area contributed by atoms with Crippen LogP contribution in [0.15, 0.2) is 42.5 Å². The number of phenolic OH excluding ortho intramolecular Hbond substituents is 1. The third-order valence-corrected chi connectivity index (χ3v) is 3.99. The Bertz CT molecular complexity index is 777. The zero-order chi connectivity index (χ0) is 14.1. The lowest BCUT2D eigenvalue weighted by molar-refractivity contribution is -0.136. The molecular weight excluding hydrogens is 274 g/mol. The molecule has 20 heavy (non-hydrogen) atoms. The number of benzene rings is 2. The highest BCUT2D eigenvalue weighted by atomic mass is 32.1. The summed E-state index contributed by atoms with van der Waals surface area (Å²) in [6.45, 7) is 0. The molecule has 100 valence electrons. The summed E-state index contributed by atoms with van der Waals surface area (Å²) in [4.78, 5) is 15.2. The van der Waals surface area contributed by atoms with Crippen molar-refractivity contribution in [1.29, 1.82) is 0 Å². The predicted octanol–water partition coefficient (Wildman–Crippen LogP) is 3.30. The number of phenols is 1. The number of carboxylic acids is 1. The number of hydrogen-bond donors (Lipinski definition) is 2. The van der Waals surface area contributed by atoms with E-state index >= 15 is 0 Å². The molecule has 4 nitrogen and oxygen atoms in total. The first-order valence-electron chi connectivity index (χ1n) is 6.02. The fourth-order valence-electron chi connectivity index (χ4n) is 1.98. The van der Waals surface area contributed by atoms with Crippen LogP contribution in [0.2, 0.25) is 0 Å². The Kier molecular flexibility index (Phi) is 3.12. The Balaban J connectivity index is 2.01. The number of hydrogen-bond acceptors (Lipinski definition) is 4. The van der Waals surface area contributed by atoms with E-state index in [1.54, 1.807) is 18.2 Å². The SMILES string of the molecule is O=C(O)Cc1ccc2nc(-c3ccc(O)cc3)sc2c1. The van der Waals surface area contributed by atoms with Crippen LogP contribution in [0.25, 0.3) is 20.8 Å². The summed E-state index contributed by atoms with van der Waals surface area (Å²) in [7, 11) is 0. The van der Waals surface area contributed by atoms with Gasteiger partial charge in [0, 0.05) is 5.56 Å². The van der Waals surface area contributed by atoms with Gasteiger partial charge in [-0.2, -0.15) is 0 Å². The summed E-state index contributed by atoms with van der Waals surface area (Å²) in [6.07, 6.45) is 0.0163. The number of rotatable bonds is 3. The Morgan fingerprint density at radius 1 is 1.15 bits per heavy atom. The zero-order valence-corrected chi connectivity index (χ0v) is 11.2. The monoisotopic (exact) mass is 285 g/mol. The minimum absolute atomic E-state index is 0.0163. The molecule has 0 aliphatic carbocycles. The standard InChI is InChI=1S/C15H11NO3S/c17-11-4-2-10(3-5-11)15-16-12-6-1-9(8-14(18)19)7-13(12)20-15/h1-7,17H,8H2,(H,18,19). The summed E-state index contributed by atoms with van der Waals surface area (Å²) in [5, 5.41) is 19.0. The van der Waals surface area contributed by atoms with Gasteiger partial charge >= 0.3 is 5.97 Å². The van der Waals surface area contributed by atoms with Crippen LogP contribution in [0.1, 0.15) is 5.56 Å². The Morgan fingerprint density at radius 3 is 2.60 bits per heavy atom. The smallest absolute Gasteiger partial charge is 0.307 e. The zero-order valence-electron chi connectivity index (χ0n) is 10.4. The molecule has 1 aromatic heterocycles. The first-order chi connectivity index (χ1) is 9.61. The number of nitrogens with zero attached hydrogens (tertiary/aromatic N) is 1. The molecule has 0 saturated heterocycles. The molecule has 1 heterocycles. The van der Waals surface area contributed by atoms with Crippen LogP contribution in [0.4, 0.5) is 0 Å². The molecule has 0 atom stereocenters. The second-order valence-electron chi connectivity index (χ2n) is 4.44. The average Bonchev–Trinajstić information content (AvgIpc) is 2.81. The van der Waals surface area contributed by atoms with Crippen LogP contribution in [0.3, 0.4) is 0 Å². The molecule has 0 unspecified atom stereocenters. The van der Waals surface area contributed by atoms with E-state index in [4.69, 9.17) is 5.11 Å². The van der Waals surface area contributed by atoms with E-state index in [9.17, 15) is 9.90 Å². The average molecular weight is 285 g/mol. The Labute approximate surface area is 119 Å². The van der Waals surface area contributed by atoms with Gasteiger partial charge < -0.3 is 10.2 Å². The molecule has 0 bridgehead atoms. The van der Waals surface area contributed by atoms with Crippen molar-refractivity contribution >= 4 is 27.5 Å². The highest BCUT2D eigenvalue weighted by Gasteiger charge is 2.08. The lowest BCUT2D eigenvalue weighted by Gasteiger charge is -1.95. The summed E-state index contributed by atoms with van der Waals surface area (Å²) in [5.41, 5.74) is 2.56. The fraction of sp³-hybridized carbons (Fsp3) is 0.0667. The van der Waals surface area contributed by atoms with Gasteiger partial charge in [-0.3, -0.25) is 4.79 Å². The topological polar surface area (TPSA) is 70.4 Å². The first-order valence-corrected chi connectivity index (χ1v) is 6.84. The van der Waals surface area contributed by atoms with Crippen molar-refractivity contribution in [1.82, 2.24) is 4.98 Å². The van der Waals surface area contributed by atoms with E-state index in [1.165, 1.54) is 11.3 Å². The predicted molar refractivity (Wildman–Crippen MR) is 78.1 cm³/mol. The minimum atomic E-state index is -0.840. The van der Waals surface area contributed by atoms with Gasteiger partial charge in [0.1, 0.15) is 10.8 Å². The van der Waals surface area contributed by atoms with E-state index in [1.807, 2.05) is 24.3 Å². The number of carboxylic acid groups (broad SMARTS) is 1. The van der Waals surface area contributed by atoms with E-state index in [-0.39, 0.29) is 12.2 Å². The van der Waals surface area contributed by atoms with Crippen molar-refractivity contribution in [2.45, 2.75) is 6.42 Å². The van der Waals surface area contributed by atoms with Gasteiger partial charge in [-0.1, -0.05) is 6.07 Å². The summed E-state index contributed by atoms with van der Waals surface area (Å²) in [5.74, 6) is -0.619. The molecule has 5 heteroatoms. The van der Waals surface area contributed by atoms with Crippen molar-refractivity contribution in [3.8, 4) is 16.3 Å². The van der Waals surface area contributed by atoms with Crippen LogP contribution in [0, 0.1) is 0 Å². The van der Waals surface area contributed by atoms with Crippen LogP contribution < -0.4 is 0 Å². The molecular formula is C15H11NO3S. The van der Waals surface area contributed by atoms with Crippen LogP contribution in [-0.2, 0) is 11.2 Å². The highest BCUT2D eigenvalue weighted by molar-refractivity contribution is 7.21. The van der Waals surface area contributed by atoms with Crippen molar-refractivity contribution in [2.24, 2.45) is 0 Å². The summed E-state index contributed by atoms with van der Waals surface area (Å²) in [6, 6.07) is 12.4. The van der Waals surface area contributed by atoms with Crippen molar-refractivity contribution in [3.63, 3.8) is 0 Å². The van der Waals surface area contributed by atoms with Gasteiger partial charge in [0.05, 0.1) is 16.6 Å². The van der Waals surface area contributed by atoms with E-state index in [2.05, 4.69) is 4.98 Å². The molecule has 3 rings (SSSR count). The highest BCUT2D eigenvalue weighted by Crippen LogP contribution is 2.31. The maximum atomic E-state index is 10.7. The van der Waals surface area contributed by atoms with Crippen molar-refractivity contribution in [2.75, 3.05) is 0 Å². The number of fused-ring (bicyclic) bond motifs is 1.